The first-order valence-corrected chi connectivity index (χ1v) is 22.0. The van der Waals surface area contributed by atoms with Gasteiger partial charge in [-0.1, -0.05) is 60.7 Å². The zero-order valence-corrected chi connectivity index (χ0v) is 36.9. The Morgan fingerprint density at radius 1 is 0.600 bits per heavy atom. The minimum Gasteiger partial charge on any atom is -0.472 e. The number of nitro benzene ring substituents is 2. The Bertz CT molecular complexity index is 2670. The quantitative estimate of drug-likeness (QED) is 0.0295. The number of aromatic nitrogens is 2. The van der Waals surface area contributed by atoms with Crippen molar-refractivity contribution in [3.63, 3.8) is 0 Å². The van der Waals surface area contributed by atoms with Crippen molar-refractivity contribution in [1.29, 1.82) is 0 Å². The second kappa shape index (κ2) is 20.7. The summed E-state index contributed by atoms with van der Waals surface area (Å²) < 4.78 is 109. The summed E-state index contributed by atoms with van der Waals surface area (Å²) in [5, 5.41) is 23.8. The number of halogens is 6. The third kappa shape index (κ3) is 11.6. The van der Waals surface area contributed by atoms with Gasteiger partial charge in [0.15, 0.2) is 0 Å². The fourth-order valence-electron chi connectivity index (χ4n) is 8.65. The molecule has 0 N–H and O–H groups in total. The normalized spacial score (nSPS) is 16.0. The number of hydrogen-bond donors (Lipinski definition) is 0. The van der Waals surface area contributed by atoms with Gasteiger partial charge in [0.1, 0.15) is 35.8 Å². The summed E-state index contributed by atoms with van der Waals surface area (Å²) in [4.78, 5) is 47.5. The molecule has 4 heterocycles. The third-order valence-electron chi connectivity index (χ3n) is 11.9. The van der Waals surface area contributed by atoms with Crippen LogP contribution in [-0.2, 0) is 38.4 Å². The van der Waals surface area contributed by atoms with Gasteiger partial charge in [-0.3, -0.25) is 20.2 Å². The molecule has 2 aromatic heterocycles. The number of carbonyl (C=O) groups excluding carboxylic acids is 1. The van der Waals surface area contributed by atoms with E-state index in [1.165, 1.54) is 36.7 Å². The Labute approximate surface area is 395 Å². The summed E-state index contributed by atoms with van der Waals surface area (Å²) in [5.74, 6) is -1.52. The van der Waals surface area contributed by atoms with E-state index in [1.54, 1.807) is 70.5 Å². The van der Waals surface area contributed by atoms with Gasteiger partial charge < -0.3 is 28.7 Å². The van der Waals surface area contributed by atoms with E-state index in [0.29, 0.717) is 49.9 Å². The van der Waals surface area contributed by atoms with E-state index in [2.05, 4.69) is 9.97 Å². The number of rotatable bonds is 16. The van der Waals surface area contributed by atoms with Crippen molar-refractivity contribution in [2.75, 3.05) is 22.9 Å². The lowest BCUT2D eigenvalue weighted by atomic mass is 10.0. The highest BCUT2D eigenvalue weighted by Crippen LogP contribution is 2.42. The Hall–Kier alpha value is -7.97. The first-order chi connectivity index (χ1) is 33.5. The standard InChI is InChI=1S/C49H42F6N6O9/c50-48(51,52)41-25-39(27-56-45(41)67-29-31-9-3-1-4-10-31)58-19-7-13-35(58)21-33-23-37(60(63)64)15-17-43(33)69-47(62)70-44-18-16-38(61(65)66)24-34(44)22-36-14-8-20-59(36)40-26-42(49(53,54)55)46(57-28-40)68-30-32-11-5-2-6-12-32/h1-6,9-12,15-18,23-28,35-36H,7-8,13-14,19-22,29-30H2/t35-,36-/m0/s1. The van der Waals surface area contributed by atoms with Gasteiger partial charge in [0.05, 0.1) is 33.6 Å². The molecular weight excluding hydrogens is 931 g/mol. The number of nitro groups is 2. The van der Waals surface area contributed by atoms with Crippen LogP contribution in [0.2, 0.25) is 0 Å². The summed E-state index contributed by atoms with van der Waals surface area (Å²) in [6, 6.07) is 25.0. The molecule has 2 aliphatic heterocycles. The number of carbonyl (C=O) groups is 1. The van der Waals surface area contributed by atoms with Crippen LogP contribution in [0.5, 0.6) is 23.3 Å². The molecule has 2 aliphatic rings. The maximum absolute atomic E-state index is 14.4. The molecule has 0 spiro atoms. The largest absolute Gasteiger partial charge is 0.519 e. The average Bonchev–Trinajstić information content (AvgIpc) is 4.01. The van der Waals surface area contributed by atoms with Crippen molar-refractivity contribution in [1.82, 2.24) is 9.97 Å². The van der Waals surface area contributed by atoms with E-state index in [4.69, 9.17) is 18.9 Å². The molecule has 2 atom stereocenters. The lowest BCUT2D eigenvalue weighted by Gasteiger charge is -2.28. The number of ether oxygens (including phenoxy) is 4. The molecule has 2 fully saturated rings. The highest BCUT2D eigenvalue weighted by molar-refractivity contribution is 5.69. The second-order valence-corrected chi connectivity index (χ2v) is 16.6. The van der Waals surface area contributed by atoms with Crippen LogP contribution in [0.1, 0.15) is 59.1 Å². The highest BCUT2D eigenvalue weighted by atomic mass is 19.4. The van der Waals surface area contributed by atoms with Crippen LogP contribution >= 0.6 is 0 Å². The van der Waals surface area contributed by atoms with E-state index < -0.39 is 63.3 Å². The minimum atomic E-state index is -4.82. The van der Waals surface area contributed by atoms with E-state index in [-0.39, 0.29) is 71.4 Å². The fraction of sp³-hybridized carbons (Fsp3) is 0.286. The molecule has 364 valence electrons. The van der Waals surface area contributed by atoms with Crippen molar-refractivity contribution in [3.05, 3.63) is 175 Å². The van der Waals surface area contributed by atoms with Crippen LogP contribution in [0.15, 0.2) is 122 Å². The molecule has 4 aromatic carbocycles. The average molecular weight is 973 g/mol. The molecule has 2 saturated heterocycles. The molecule has 0 aliphatic carbocycles. The predicted octanol–water partition coefficient (Wildman–Crippen LogP) is 11.5. The molecule has 8 rings (SSSR count). The van der Waals surface area contributed by atoms with Crippen molar-refractivity contribution in [3.8, 4) is 23.3 Å². The number of pyridine rings is 2. The molecular formula is C49H42F6N6O9. The number of alkyl halides is 6. The summed E-state index contributed by atoms with van der Waals surface area (Å²) in [5.41, 5.74) is -1.05. The summed E-state index contributed by atoms with van der Waals surface area (Å²) >= 11 is 0. The maximum atomic E-state index is 14.4. The van der Waals surface area contributed by atoms with Gasteiger partial charge in [-0.15, -0.1) is 0 Å². The smallest absolute Gasteiger partial charge is 0.472 e. The highest BCUT2D eigenvalue weighted by Gasteiger charge is 2.39. The van der Waals surface area contributed by atoms with Crippen LogP contribution in [0.3, 0.4) is 0 Å². The Kier molecular flexibility index (Phi) is 14.4. The van der Waals surface area contributed by atoms with E-state index >= 15 is 0 Å². The van der Waals surface area contributed by atoms with Crippen LogP contribution < -0.4 is 28.7 Å². The van der Waals surface area contributed by atoms with Crippen molar-refractivity contribution in [2.24, 2.45) is 0 Å². The van der Waals surface area contributed by atoms with Crippen molar-refractivity contribution < 1.29 is 59.9 Å². The molecule has 0 radical (unpaired) electrons. The van der Waals surface area contributed by atoms with Gasteiger partial charge in [0, 0.05) is 60.6 Å². The Morgan fingerprint density at radius 3 is 1.37 bits per heavy atom. The SMILES string of the molecule is O=C(Oc1ccc([N+](=O)[O-])cc1C[C@@H]1CCCN1c1cnc(OCc2ccccc2)c(C(F)(F)F)c1)Oc1ccc([N+](=O)[O-])cc1C[C@@H]1CCCN1c1cnc(OCc2ccccc2)c(C(F)(F)F)c1. The lowest BCUT2D eigenvalue weighted by Crippen LogP contribution is -2.32. The topological polar surface area (TPSA) is 173 Å². The number of non-ortho nitro benzene ring substituents is 2. The number of hydrogen-bond acceptors (Lipinski definition) is 13. The Balaban J connectivity index is 1.00. The first kappa shape index (κ1) is 48.5. The van der Waals surface area contributed by atoms with E-state index in [0.717, 1.165) is 24.3 Å². The molecule has 70 heavy (non-hydrogen) atoms. The van der Waals surface area contributed by atoms with Gasteiger partial charge in [-0.25, -0.2) is 14.8 Å². The molecule has 21 heteroatoms. The molecule has 6 aromatic rings. The minimum absolute atomic E-state index is 0.0246. The molecule has 0 unspecified atom stereocenters. The monoisotopic (exact) mass is 972 g/mol. The zero-order chi connectivity index (χ0) is 49.6. The van der Waals surface area contributed by atoms with Gasteiger partial charge in [-0.2, -0.15) is 26.3 Å². The predicted molar refractivity (Wildman–Crippen MR) is 241 cm³/mol. The first-order valence-electron chi connectivity index (χ1n) is 22.0. The van der Waals surface area contributed by atoms with Gasteiger partial charge in [-0.05, 0) is 73.9 Å². The molecule has 0 amide bonds. The van der Waals surface area contributed by atoms with Crippen LogP contribution in [-0.4, -0.2) is 51.1 Å². The zero-order valence-electron chi connectivity index (χ0n) is 36.9. The number of benzene rings is 4. The summed E-state index contributed by atoms with van der Waals surface area (Å²) in [7, 11) is 0. The van der Waals surface area contributed by atoms with E-state index in [9.17, 15) is 51.4 Å². The molecule has 15 nitrogen and oxygen atoms in total. The summed E-state index contributed by atoms with van der Waals surface area (Å²) in [6.07, 6.45) is -6.52. The Morgan fingerprint density at radius 2 is 1.00 bits per heavy atom. The van der Waals surface area contributed by atoms with Crippen LogP contribution in [0.4, 0.5) is 53.9 Å². The second-order valence-electron chi connectivity index (χ2n) is 16.6. The molecule has 0 saturated carbocycles. The van der Waals surface area contributed by atoms with Gasteiger partial charge in [0.25, 0.3) is 11.4 Å². The van der Waals surface area contributed by atoms with E-state index in [1.807, 2.05) is 0 Å². The van der Waals surface area contributed by atoms with Crippen LogP contribution in [0, 0.1) is 20.2 Å². The lowest BCUT2D eigenvalue weighted by molar-refractivity contribution is -0.385. The van der Waals surface area contributed by atoms with Crippen molar-refractivity contribution in [2.45, 2.75) is 76.2 Å². The van der Waals surface area contributed by atoms with Gasteiger partial charge >= 0.3 is 18.5 Å². The number of nitrogens with zero attached hydrogens (tertiary/aromatic N) is 6. The van der Waals surface area contributed by atoms with Crippen LogP contribution in [0.25, 0.3) is 0 Å². The third-order valence-corrected chi connectivity index (χ3v) is 11.9. The fourth-order valence-corrected chi connectivity index (χ4v) is 8.65. The van der Waals surface area contributed by atoms with Gasteiger partial charge in [0.2, 0.25) is 11.8 Å². The maximum Gasteiger partial charge on any atom is 0.519 e. The summed E-state index contributed by atoms with van der Waals surface area (Å²) in [6.45, 7) is 0.327. The number of anilines is 2. The molecule has 0 bridgehead atoms. The van der Waals surface area contributed by atoms with Crippen molar-refractivity contribution >= 4 is 28.9 Å².